The molecule has 0 radical (unpaired) electrons. The highest BCUT2D eigenvalue weighted by Crippen LogP contribution is 2.32. The van der Waals surface area contributed by atoms with Crippen molar-refractivity contribution >= 4 is 17.7 Å². The van der Waals surface area contributed by atoms with Crippen LogP contribution in [0.15, 0.2) is 0 Å². The average molecular weight is 307 g/mol. The summed E-state index contributed by atoms with van der Waals surface area (Å²) in [4.78, 5) is 41.5. The summed E-state index contributed by atoms with van der Waals surface area (Å²) in [5.41, 5.74) is 0. The Bertz CT molecular complexity index is 459. The van der Waals surface area contributed by atoms with Crippen LogP contribution in [0.3, 0.4) is 0 Å². The number of nitrogens with zero attached hydrogens (tertiary/aromatic N) is 3. The van der Waals surface area contributed by atoms with Crippen LogP contribution in [-0.4, -0.2) is 71.7 Å². The molecule has 3 fully saturated rings. The smallest absolute Gasteiger partial charge is 0.225 e. The van der Waals surface area contributed by atoms with E-state index in [1.165, 1.54) is 0 Å². The van der Waals surface area contributed by atoms with Gasteiger partial charge in [0, 0.05) is 58.0 Å². The van der Waals surface area contributed by atoms with E-state index in [1.54, 1.807) is 11.8 Å². The van der Waals surface area contributed by atoms with Crippen molar-refractivity contribution < 1.29 is 14.4 Å². The highest BCUT2D eigenvalue weighted by Gasteiger charge is 2.37. The Morgan fingerprint density at radius 3 is 1.50 bits per heavy atom. The first-order valence-electron chi connectivity index (χ1n) is 8.39. The first kappa shape index (κ1) is 15.3. The van der Waals surface area contributed by atoms with Gasteiger partial charge in [0.1, 0.15) is 0 Å². The topological polar surface area (TPSA) is 60.9 Å². The maximum absolute atomic E-state index is 12.6. The van der Waals surface area contributed by atoms with Gasteiger partial charge >= 0.3 is 0 Å². The Hall–Kier alpha value is -1.59. The molecule has 1 aliphatic carbocycles. The highest BCUT2D eigenvalue weighted by atomic mass is 16.2. The molecule has 22 heavy (non-hydrogen) atoms. The molecule has 0 unspecified atom stereocenters. The normalized spacial score (nSPS) is 23.6. The number of hydrogen-bond donors (Lipinski definition) is 0. The van der Waals surface area contributed by atoms with Gasteiger partial charge in [-0.2, -0.15) is 0 Å². The summed E-state index contributed by atoms with van der Waals surface area (Å²) in [5, 5.41) is 0. The quantitative estimate of drug-likeness (QED) is 0.738. The summed E-state index contributed by atoms with van der Waals surface area (Å²) in [6.45, 7) is 5.57. The van der Waals surface area contributed by atoms with Gasteiger partial charge < -0.3 is 14.7 Å². The number of piperazine rings is 1. The van der Waals surface area contributed by atoms with Crippen LogP contribution in [0.4, 0.5) is 0 Å². The lowest BCUT2D eigenvalue weighted by Gasteiger charge is -2.38. The lowest BCUT2D eigenvalue weighted by Crippen LogP contribution is -2.52. The number of carbonyl (C=O) groups is 3. The van der Waals surface area contributed by atoms with Crippen LogP contribution in [-0.2, 0) is 14.4 Å². The molecule has 2 saturated heterocycles. The number of carbonyl (C=O) groups excluding carboxylic acids is 3. The fourth-order valence-corrected chi connectivity index (χ4v) is 3.44. The minimum Gasteiger partial charge on any atom is -0.342 e. The lowest BCUT2D eigenvalue weighted by atomic mass is 9.94. The van der Waals surface area contributed by atoms with Crippen molar-refractivity contribution in [2.75, 3.05) is 39.3 Å². The summed E-state index contributed by atoms with van der Waals surface area (Å²) in [5.74, 6) is 0.903. The maximum atomic E-state index is 12.6. The van der Waals surface area contributed by atoms with E-state index in [0.717, 1.165) is 38.8 Å². The zero-order valence-corrected chi connectivity index (χ0v) is 13.3. The Balaban J connectivity index is 1.46. The van der Waals surface area contributed by atoms with Crippen molar-refractivity contribution in [3.63, 3.8) is 0 Å². The fourth-order valence-electron chi connectivity index (χ4n) is 3.44. The van der Waals surface area contributed by atoms with Crippen molar-refractivity contribution in [2.45, 2.75) is 32.6 Å². The Morgan fingerprint density at radius 2 is 1.05 bits per heavy atom. The van der Waals surface area contributed by atoms with E-state index < -0.39 is 0 Å². The molecule has 3 aliphatic rings. The minimum absolute atomic E-state index is 0.0483. The van der Waals surface area contributed by atoms with Gasteiger partial charge in [-0.3, -0.25) is 14.4 Å². The Kier molecular flexibility index (Phi) is 4.36. The van der Waals surface area contributed by atoms with Crippen molar-refractivity contribution in [1.82, 2.24) is 14.7 Å². The number of amides is 3. The first-order chi connectivity index (χ1) is 10.6. The number of likely N-dealkylation sites (tertiary alicyclic amines) is 1. The zero-order chi connectivity index (χ0) is 15.7. The molecule has 3 rings (SSSR count). The molecule has 0 N–H and O–H groups in total. The van der Waals surface area contributed by atoms with E-state index in [9.17, 15) is 14.4 Å². The van der Waals surface area contributed by atoms with Gasteiger partial charge in [-0.05, 0) is 25.7 Å². The summed E-state index contributed by atoms with van der Waals surface area (Å²) < 4.78 is 0. The van der Waals surface area contributed by atoms with Crippen molar-refractivity contribution in [2.24, 2.45) is 11.8 Å². The molecule has 0 bridgehead atoms. The van der Waals surface area contributed by atoms with Crippen LogP contribution in [0, 0.1) is 11.8 Å². The molecule has 6 nitrogen and oxygen atoms in total. The van der Waals surface area contributed by atoms with E-state index in [2.05, 4.69) is 0 Å². The van der Waals surface area contributed by atoms with E-state index in [4.69, 9.17) is 0 Å². The molecule has 0 aromatic heterocycles. The molecule has 0 aromatic rings. The van der Waals surface area contributed by atoms with Crippen LogP contribution >= 0.6 is 0 Å². The second-order valence-corrected chi connectivity index (χ2v) is 6.71. The third-order valence-electron chi connectivity index (χ3n) is 5.12. The Labute approximate surface area is 131 Å². The average Bonchev–Trinajstić information content (AvgIpc) is 3.38. The second-order valence-electron chi connectivity index (χ2n) is 6.71. The monoisotopic (exact) mass is 307 g/mol. The van der Waals surface area contributed by atoms with Crippen LogP contribution in [0.25, 0.3) is 0 Å². The van der Waals surface area contributed by atoms with Gasteiger partial charge in [0.05, 0.1) is 0 Å². The minimum atomic E-state index is 0.0483. The molecular formula is C16H25N3O3. The second kappa shape index (κ2) is 6.26. The van der Waals surface area contributed by atoms with Crippen LogP contribution in [0.1, 0.15) is 32.6 Å². The Morgan fingerprint density at radius 1 is 0.636 bits per heavy atom. The molecular weight excluding hydrogens is 282 g/mol. The third-order valence-corrected chi connectivity index (χ3v) is 5.12. The molecule has 0 spiro atoms. The molecule has 0 atom stereocenters. The lowest BCUT2D eigenvalue weighted by molar-refractivity contribution is -0.144. The van der Waals surface area contributed by atoms with E-state index >= 15 is 0 Å². The molecule has 122 valence electrons. The van der Waals surface area contributed by atoms with Gasteiger partial charge in [0.15, 0.2) is 0 Å². The van der Waals surface area contributed by atoms with Crippen LogP contribution in [0.2, 0.25) is 0 Å². The van der Waals surface area contributed by atoms with Crippen molar-refractivity contribution in [3.05, 3.63) is 0 Å². The molecule has 3 amide bonds. The van der Waals surface area contributed by atoms with E-state index in [-0.39, 0.29) is 23.7 Å². The number of rotatable bonds is 2. The SMILES string of the molecule is CC(=O)N1CCN(C(=O)C2CCN(C(=O)C3CC3)CC2)CC1. The summed E-state index contributed by atoms with van der Waals surface area (Å²) in [7, 11) is 0. The highest BCUT2D eigenvalue weighted by molar-refractivity contribution is 5.82. The molecule has 2 aliphatic heterocycles. The maximum Gasteiger partial charge on any atom is 0.225 e. The standard InChI is InChI=1S/C16H25N3O3/c1-12(20)17-8-10-19(11-9-17)16(22)14-4-6-18(7-5-14)15(21)13-2-3-13/h13-14H,2-11H2,1H3. The van der Waals surface area contributed by atoms with E-state index in [0.29, 0.717) is 32.1 Å². The van der Waals surface area contributed by atoms with Gasteiger partial charge in [-0.1, -0.05) is 0 Å². The summed E-state index contributed by atoms with van der Waals surface area (Å²) in [6.07, 6.45) is 3.64. The number of hydrogen-bond acceptors (Lipinski definition) is 3. The van der Waals surface area contributed by atoms with Gasteiger partial charge in [-0.25, -0.2) is 0 Å². The van der Waals surface area contributed by atoms with Crippen molar-refractivity contribution in [1.29, 1.82) is 0 Å². The zero-order valence-electron chi connectivity index (χ0n) is 13.3. The molecule has 0 aromatic carbocycles. The predicted molar refractivity (Wildman–Crippen MR) is 80.9 cm³/mol. The summed E-state index contributed by atoms with van der Waals surface area (Å²) >= 11 is 0. The molecule has 6 heteroatoms. The van der Waals surface area contributed by atoms with Crippen molar-refractivity contribution in [3.8, 4) is 0 Å². The first-order valence-corrected chi connectivity index (χ1v) is 8.39. The summed E-state index contributed by atoms with van der Waals surface area (Å²) in [6, 6.07) is 0. The molecule has 2 heterocycles. The van der Waals surface area contributed by atoms with Gasteiger partial charge in [0.2, 0.25) is 17.7 Å². The van der Waals surface area contributed by atoms with E-state index in [1.807, 2.05) is 9.80 Å². The van der Waals surface area contributed by atoms with Gasteiger partial charge in [0.25, 0.3) is 0 Å². The molecule has 1 saturated carbocycles. The number of piperidine rings is 1. The van der Waals surface area contributed by atoms with Crippen LogP contribution in [0.5, 0.6) is 0 Å². The predicted octanol–water partition coefficient (Wildman–Crippen LogP) is 0.326. The van der Waals surface area contributed by atoms with Gasteiger partial charge in [-0.15, -0.1) is 0 Å². The largest absolute Gasteiger partial charge is 0.342 e. The fraction of sp³-hybridized carbons (Fsp3) is 0.812. The van der Waals surface area contributed by atoms with Crippen LogP contribution < -0.4 is 0 Å². The third kappa shape index (κ3) is 3.25.